The van der Waals surface area contributed by atoms with Gasteiger partial charge in [-0.25, -0.2) is 9.37 Å². The summed E-state index contributed by atoms with van der Waals surface area (Å²) >= 11 is 1.70. The first-order valence-electron chi connectivity index (χ1n) is 4.65. The van der Waals surface area contributed by atoms with E-state index < -0.39 is 0 Å². The molecule has 0 fully saturated rings. The van der Waals surface area contributed by atoms with Gasteiger partial charge in [-0.2, -0.15) is 0 Å². The minimum absolute atomic E-state index is 0.309. The van der Waals surface area contributed by atoms with Crippen LogP contribution in [-0.2, 0) is 6.54 Å². The molecule has 0 aromatic carbocycles. The fraction of sp³-hybridized carbons (Fsp3) is 0.182. The Labute approximate surface area is 91.8 Å². The Balaban J connectivity index is 2.02. The largest absolute Gasteiger partial charge is 0.363 e. The summed E-state index contributed by atoms with van der Waals surface area (Å²) < 4.78 is 13.2. The van der Waals surface area contributed by atoms with Gasteiger partial charge in [-0.3, -0.25) is 0 Å². The fourth-order valence-electron chi connectivity index (χ4n) is 1.27. The topological polar surface area (TPSA) is 24.9 Å². The molecule has 1 N–H and O–H groups in total. The summed E-state index contributed by atoms with van der Waals surface area (Å²) in [6.45, 7) is 2.67. The van der Waals surface area contributed by atoms with E-state index in [0.29, 0.717) is 12.4 Å². The van der Waals surface area contributed by atoms with Crippen LogP contribution in [0.5, 0.6) is 0 Å². The van der Waals surface area contributed by atoms with E-state index in [0.717, 1.165) is 0 Å². The summed E-state index contributed by atoms with van der Waals surface area (Å²) in [5.74, 6) is -0.00525. The van der Waals surface area contributed by atoms with Gasteiger partial charge in [0, 0.05) is 16.0 Å². The number of aryl methyl sites for hydroxylation is 1. The van der Waals surface area contributed by atoms with E-state index >= 15 is 0 Å². The molecule has 0 aliphatic rings. The molecular formula is C11H11FN2S. The number of nitrogens with zero attached hydrogens (tertiary/aromatic N) is 1. The highest BCUT2D eigenvalue weighted by atomic mass is 32.1. The fourth-order valence-corrected chi connectivity index (χ4v) is 2.10. The smallest absolute Gasteiger partial charge is 0.165 e. The third-order valence-electron chi connectivity index (χ3n) is 1.98. The number of nitrogens with one attached hydrogen (secondary N) is 1. The lowest BCUT2D eigenvalue weighted by molar-refractivity contribution is 0.624. The number of aromatic nitrogens is 1. The van der Waals surface area contributed by atoms with Crippen LogP contribution in [0.25, 0.3) is 0 Å². The second-order valence-electron chi connectivity index (χ2n) is 3.20. The standard InChI is InChI=1S/C11H11FN2S/c1-8-4-5-9(15-8)7-14-11-10(12)3-2-6-13-11/h2-6H,7H2,1H3,(H,13,14). The second kappa shape index (κ2) is 4.40. The van der Waals surface area contributed by atoms with Crippen LogP contribution >= 0.6 is 11.3 Å². The summed E-state index contributed by atoms with van der Waals surface area (Å²) in [6, 6.07) is 7.06. The zero-order valence-electron chi connectivity index (χ0n) is 8.33. The maximum absolute atomic E-state index is 13.2. The van der Waals surface area contributed by atoms with Gasteiger partial charge in [0.2, 0.25) is 0 Å². The lowest BCUT2D eigenvalue weighted by atomic mass is 10.4. The Morgan fingerprint density at radius 3 is 2.93 bits per heavy atom. The molecule has 0 amide bonds. The monoisotopic (exact) mass is 222 g/mol. The average Bonchev–Trinajstić information content (AvgIpc) is 2.63. The first-order chi connectivity index (χ1) is 7.25. The van der Waals surface area contributed by atoms with Crippen molar-refractivity contribution >= 4 is 17.2 Å². The quantitative estimate of drug-likeness (QED) is 0.862. The van der Waals surface area contributed by atoms with E-state index in [1.165, 1.54) is 15.8 Å². The highest BCUT2D eigenvalue weighted by Crippen LogP contribution is 2.17. The van der Waals surface area contributed by atoms with Gasteiger partial charge in [0.1, 0.15) is 0 Å². The van der Waals surface area contributed by atoms with Crippen LogP contribution in [0.1, 0.15) is 9.75 Å². The minimum atomic E-state index is -0.314. The Morgan fingerprint density at radius 2 is 2.27 bits per heavy atom. The molecule has 2 nitrogen and oxygen atoms in total. The second-order valence-corrected chi connectivity index (χ2v) is 4.57. The number of anilines is 1. The summed E-state index contributed by atoms with van der Waals surface area (Å²) in [5, 5.41) is 2.97. The number of hydrogen-bond acceptors (Lipinski definition) is 3. The molecule has 2 heterocycles. The predicted octanol–water partition coefficient (Wildman–Crippen LogP) is 3.20. The molecule has 0 aliphatic heterocycles. The predicted molar refractivity (Wildman–Crippen MR) is 60.6 cm³/mol. The van der Waals surface area contributed by atoms with E-state index in [9.17, 15) is 4.39 Å². The minimum Gasteiger partial charge on any atom is -0.363 e. The molecule has 0 radical (unpaired) electrons. The van der Waals surface area contributed by atoms with E-state index in [1.54, 1.807) is 23.6 Å². The van der Waals surface area contributed by atoms with Gasteiger partial charge in [-0.1, -0.05) is 0 Å². The first kappa shape index (κ1) is 10.1. The lowest BCUT2D eigenvalue weighted by Gasteiger charge is -2.03. The lowest BCUT2D eigenvalue weighted by Crippen LogP contribution is -2.01. The van der Waals surface area contributed by atoms with Gasteiger partial charge in [0.05, 0.1) is 6.54 Å². The highest BCUT2D eigenvalue weighted by Gasteiger charge is 2.02. The van der Waals surface area contributed by atoms with Crippen LogP contribution in [0, 0.1) is 12.7 Å². The molecule has 0 saturated carbocycles. The third kappa shape index (κ3) is 2.53. The van der Waals surface area contributed by atoms with E-state index in [-0.39, 0.29) is 5.82 Å². The number of thiophene rings is 1. The SMILES string of the molecule is Cc1ccc(CNc2ncccc2F)s1. The van der Waals surface area contributed by atoms with Crippen LogP contribution in [0.4, 0.5) is 10.2 Å². The molecule has 0 unspecified atom stereocenters. The number of hydrogen-bond donors (Lipinski definition) is 1. The molecule has 2 aromatic heterocycles. The molecule has 78 valence electrons. The van der Waals surface area contributed by atoms with Gasteiger partial charge < -0.3 is 5.32 Å². The normalized spacial score (nSPS) is 10.3. The van der Waals surface area contributed by atoms with Crippen molar-refractivity contribution < 1.29 is 4.39 Å². The van der Waals surface area contributed by atoms with Crippen LogP contribution in [0.2, 0.25) is 0 Å². The molecule has 15 heavy (non-hydrogen) atoms. The van der Waals surface area contributed by atoms with Crippen LogP contribution in [0.3, 0.4) is 0 Å². The van der Waals surface area contributed by atoms with Crippen LogP contribution in [-0.4, -0.2) is 4.98 Å². The molecule has 0 atom stereocenters. The molecular weight excluding hydrogens is 211 g/mol. The molecule has 0 spiro atoms. The number of halogens is 1. The van der Waals surface area contributed by atoms with Crippen molar-refractivity contribution in [1.29, 1.82) is 0 Å². The molecule has 4 heteroatoms. The van der Waals surface area contributed by atoms with Crippen molar-refractivity contribution in [2.45, 2.75) is 13.5 Å². The molecule has 0 aliphatic carbocycles. The van der Waals surface area contributed by atoms with Crippen molar-refractivity contribution in [3.8, 4) is 0 Å². The van der Waals surface area contributed by atoms with E-state index in [1.807, 2.05) is 6.07 Å². The van der Waals surface area contributed by atoms with Crippen LogP contribution in [0.15, 0.2) is 30.5 Å². The summed E-state index contributed by atoms with van der Waals surface area (Å²) in [4.78, 5) is 6.35. The molecule has 0 saturated heterocycles. The Bertz CT molecular complexity index is 453. The summed E-state index contributed by atoms with van der Waals surface area (Å²) in [5.41, 5.74) is 0. The highest BCUT2D eigenvalue weighted by molar-refractivity contribution is 7.11. The van der Waals surface area contributed by atoms with Gasteiger partial charge in [0.25, 0.3) is 0 Å². The zero-order chi connectivity index (χ0) is 10.7. The zero-order valence-corrected chi connectivity index (χ0v) is 9.14. The van der Waals surface area contributed by atoms with Crippen molar-refractivity contribution in [3.63, 3.8) is 0 Å². The van der Waals surface area contributed by atoms with Crippen molar-refractivity contribution in [2.75, 3.05) is 5.32 Å². The number of rotatable bonds is 3. The molecule has 0 bridgehead atoms. The van der Waals surface area contributed by atoms with Crippen molar-refractivity contribution in [1.82, 2.24) is 4.98 Å². The average molecular weight is 222 g/mol. The number of pyridine rings is 1. The third-order valence-corrected chi connectivity index (χ3v) is 2.99. The molecule has 2 aromatic rings. The Hall–Kier alpha value is -1.42. The van der Waals surface area contributed by atoms with Gasteiger partial charge in [-0.15, -0.1) is 11.3 Å². The van der Waals surface area contributed by atoms with Gasteiger partial charge >= 0.3 is 0 Å². The van der Waals surface area contributed by atoms with E-state index in [4.69, 9.17) is 0 Å². The summed E-state index contributed by atoms with van der Waals surface area (Å²) in [7, 11) is 0. The maximum atomic E-state index is 13.2. The van der Waals surface area contributed by atoms with E-state index in [2.05, 4.69) is 23.3 Å². The van der Waals surface area contributed by atoms with Crippen molar-refractivity contribution in [3.05, 3.63) is 46.0 Å². The Kier molecular flexibility index (Phi) is 2.97. The maximum Gasteiger partial charge on any atom is 0.165 e. The van der Waals surface area contributed by atoms with Gasteiger partial charge in [0.15, 0.2) is 11.6 Å². The van der Waals surface area contributed by atoms with Gasteiger partial charge in [-0.05, 0) is 31.2 Å². The molecule has 2 rings (SSSR count). The summed E-state index contributed by atoms with van der Waals surface area (Å²) in [6.07, 6.45) is 1.57. The van der Waals surface area contributed by atoms with Crippen LogP contribution < -0.4 is 5.32 Å². The van der Waals surface area contributed by atoms with Crippen molar-refractivity contribution in [2.24, 2.45) is 0 Å². The first-order valence-corrected chi connectivity index (χ1v) is 5.47. The Morgan fingerprint density at radius 1 is 1.40 bits per heavy atom.